The average molecular weight is 992 g/mol. The number of amides is 4. The van der Waals surface area contributed by atoms with Gasteiger partial charge in [-0.2, -0.15) is 20.5 Å². The van der Waals surface area contributed by atoms with Crippen LogP contribution in [0.2, 0.25) is 30.1 Å². The van der Waals surface area contributed by atoms with Crippen molar-refractivity contribution in [3.05, 3.63) is 138 Å². The fraction of sp³-hybridized carbons (Fsp3) is 0.143. The summed E-state index contributed by atoms with van der Waals surface area (Å²) in [7, 11) is 0. The van der Waals surface area contributed by atoms with Crippen molar-refractivity contribution >= 4 is 151 Å². The first-order valence-electron chi connectivity index (χ1n) is 18.2. The number of hydrogen-bond donors (Lipinski definition) is 4. The number of halogens is 7. The van der Waals surface area contributed by atoms with Crippen LogP contribution in [0.15, 0.2) is 111 Å². The normalized spacial score (nSPS) is 12.1. The fourth-order valence-electron chi connectivity index (χ4n) is 5.55. The largest absolute Gasteiger partial charge is 0.324 e. The Morgan fingerprint density at radius 3 is 1.35 bits per heavy atom. The Morgan fingerprint density at radius 1 is 0.508 bits per heavy atom. The maximum absolute atomic E-state index is 13.4. The molecule has 5 aromatic rings. The quantitative estimate of drug-likeness (QED) is 0.0430. The Labute approximate surface area is 394 Å². The number of carbonyl (C=O) groups is 6. The van der Waals surface area contributed by atoms with Gasteiger partial charge in [0.05, 0.1) is 32.5 Å². The summed E-state index contributed by atoms with van der Waals surface area (Å²) in [5, 5.41) is 27.9. The van der Waals surface area contributed by atoms with E-state index in [0.717, 1.165) is 13.8 Å². The average Bonchev–Trinajstić information content (AvgIpc) is 3.19. The van der Waals surface area contributed by atoms with Crippen molar-refractivity contribution in [3.8, 4) is 0 Å². The number of nitrogens with zero attached hydrogens (tertiary/aromatic N) is 4. The molecule has 0 aliphatic heterocycles. The van der Waals surface area contributed by atoms with Crippen LogP contribution >= 0.6 is 81.2 Å². The minimum atomic E-state index is -1.61. The van der Waals surface area contributed by atoms with Crippen LogP contribution in [0.1, 0.15) is 40.1 Å². The molecule has 14 nitrogen and oxygen atoms in total. The zero-order valence-corrected chi connectivity index (χ0v) is 37.9. The van der Waals surface area contributed by atoms with Crippen LogP contribution in [0.4, 0.5) is 34.1 Å². The van der Waals surface area contributed by atoms with Gasteiger partial charge in [0.1, 0.15) is 0 Å². The van der Waals surface area contributed by atoms with E-state index in [2.05, 4.69) is 41.7 Å². The Hall–Kier alpha value is -5.45. The zero-order valence-electron chi connectivity index (χ0n) is 32.6. The van der Waals surface area contributed by atoms with Crippen molar-refractivity contribution in [2.75, 3.05) is 27.1 Å². The lowest BCUT2D eigenvalue weighted by atomic mass is 10.1. The number of rotatable bonds is 16. The number of Topliss-reactive ketones (excluding diaryl/α,β-unsaturated/α-hetero) is 2. The smallest absolute Gasteiger partial charge is 0.258 e. The highest BCUT2D eigenvalue weighted by Gasteiger charge is 2.26. The van der Waals surface area contributed by atoms with Crippen molar-refractivity contribution in [2.45, 2.75) is 32.4 Å². The number of carbonyl (C=O) groups excluding carboxylic acids is 6. The Kier molecular flexibility index (Phi) is 17.2. The van der Waals surface area contributed by atoms with E-state index in [1.807, 2.05) is 0 Å². The monoisotopic (exact) mass is 988 g/mol. The van der Waals surface area contributed by atoms with Gasteiger partial charge in [0.25, 0.3) is 23.6 Å². The van der Waals surface area contributed by atoms with Crippen molar-refractivity contribution in [1.82, 2.24) is 0 Å². The molecule has 0 saturated heterocycles. The summed E-state index contributed by atoms with van der Waals surface area (Å²) >= 11 is 42.8. The summed E-state index contributed by atoms with van der Waals surface area (Å²) in [5.74, 6) is -4.07. The first-order valence-corrected chi connectivity index (χ1v) is 21.0. The fourth-order valence-corrected chi connectivity index (χ4v) is 7.21. The van der Waals surface area contributed by atoms with Gasteiger partial charge in [0, 0.05) is 48.7 Å². The number of ketones is 2. The second-order valence-corrected chi connectivity index (χ2v) is 16.2. The van der Waals surface area contributed by atoms with Gasteiger partial charge in [0.2, 0.25) is 12.1 Å². The molecule has 21 heteroatoms. The molecule has 0 aromatic heterocycles. The Morgan fingerprint density at radius 2 is 0.937 bits per heavy atom. The van der Waals surface area contributed by atoms with Gasteiger partial charge in [-0.25, -0.2) is 0 Å². The summed E-state index contributed by atoms with van der Waals surface area (Å²) in [6.07, 6.45) is 0.205. The van der Waals surface area contributed by atoms with E-state index in [-0.39, 0.29) is 56.2 Å². The van der Waals surface area contributed by atoms with Crippen molar-refractivity contribution in [1.29, 1.82) is 0 Å². The molecule has 0 aliphatic rings. The van der Waals surface area contributed by atoms with Crippen LogP contribution in [0.3, 0.4) is 0 Å². The maximum Gasteiger partial charge on any atom is 0.258 e. The van der Waals surface area contributed by atoms with Crippen molar-refractivity contribution in [2.24, 2.45) is 20.5 Å². The second-order valence-electron chi connectivity index (χ2n) is 13.3. The Bertz CT molecular complexity index is 2660. The number of hydrogen-bond acceptors (Lipinski definition) is 10. The highest BCUT2D eigenvalue weighted by molar-refractivity contribution is 6.37. The van der Waals surface area contributed by atoms with Gasteiger partial charge in [-0.05, 0) is 117 Å². The summed E-state index contributed by atoms with van der Waals surface area (Å²) in [6.45, 7) is 2.31. The minimum absolute atomic E-state index is 0.0164. The summed E-state index contributed by atoms with van der Waals surface area (Å²) < 4.78 is 0. The Balaban J connectivity index is 1.27. The standard InChI is InChI=1S/C42H31Cl7N8O6/c1-20(58)37(56-54-28-3-6-34(48)32(18-28)39(60)51-30-14-23(44)12-24(45)15-30)41(62)50-27-5-8-36(22(11-27)9-10-43)53-42(63)38(21(2)59)57-55-29-4-7-35(49)33(19-29)40(61)52-31-16-25(46)13-26(47)17-31/h3-8,11-19,37-38H,9-10H2,1-2H3,(H,50,62)(H,51,60)(H,52,61)(H,53,63). The van der Waals surface area contributed by atoms with Gasteiger partial charge in [0.15, 0.2) is 11.6 Å². The van der Waals surface area contributed by atoms with Gasteiger partial charge >= 0.3 is 0 Å². The number of benzene rings is 5. The molecule has 2 atom stereocenters. The van der Waals surface area contributed by atoms with E-state index in [4.69, 9.17) is 81.2 Å². The molecule has 0 radical (unpaired) electrons. The van der Waals surface area contributed by atoms with E-state index in [0.29, 0.717) is 37.0 Å². The van der Waals surface area contributed by atoms with E-state index in [1.165, 1.54) is 91.0 Å². The van der Waals surface area contributed by atoms with Crippen LogP contribution in [0.5, 0.6) is 0 Å². The number of aryl methyl sites for hydroxylation is 1. The molecule has 5 aromatic carbocycles. The zero-order chi connectivity index (χ0) is 46.0. The molecule has 2 unspecified atom stereocenters. The van der Waals surface area contributed by atoms with Crippen LogP contribution in [-0.2, 0) is 25.6 Å². The molecule has 0 heterocycles. The second kappa shape index (κ2) is 22.3. The molecule has 0 aliphatic carbocycles. The van der Waals surface area contributed by atoms with Crippen LogP contribution in [0.25, 0.3) is 0 Å². The lowest BCUT2D eigenvalue weighted by Crippen LogP contribution is -2.32. The van der Waals surface area contributed by atoms with Crippen LogP contribution < -0.4 is 21.3 Å². The molecule has 0 bridgehead atoms. The minimum Gasteiger partial charge on any atom is -0.324 e. The number of anilines is 4. The molecule has 0 spiro atoms. The van der Waals surface area contributed by atoms with Gasteiger partial charge in [-0.1, -0.05) is 69.6 Å². The first-order chi connectivity index (χ1) is 29.9. The lowest BCUT2D eigenvalue weighted by molar-refractivity contribution is -0.127. The molecule has 0 saturated carbocycles. The van der Waals surface area contributed by atoms with Crippen molar-refractivity contribution < 1.29 is 28.8 Å². The predicted molar refractivity (Wildman–Crippen MR) is 248 cm³/mol. The third-order valence-corrected chi connectivity index (χ3v) is 10.2. The number of azo groups is 2. The predicted octanol–water partition coefficient (Wildman–Crippen LogP) is 12.3. The molecule has 4 amide bonds. The summed E-state index contributed by atoms with van der Waals surface area (Å²) in [4.78, 5) is 78.0. The van der Waals surface area contributed by atoms with Crippen molar-refractivity contribution in [3.63, 3.8) is 0 Å². The highest BCUT2D eigenvalue weighted by atomic mass is 35.5. The van der Waals surface area contributed by atoms with Gasteiger partial charge in [-0.3, -0.25) is 28.8 Å². The topological polar surface area (TPSA) is 200 Å². The molecule has 324 valence electrons. The molecular formula is C42H31Cl7N8O6. The van der Waals surface area contributed by atoms with E-state index >= 15 is 0 Å². The molecule has 63 heavy (non-hydrogen) atoms. The molecule has 4 N–H and O–H groups in total. The molecule has 0 fully saturated rings. The van der Waals surface area contributed by atoms with E-state index < -0.39 is 47.3 Å². The summed E-state index contributed by atoms with van der Waals surface area (Å²) in [6, 6.07) is 18.5. The third-order valence-electron chi connectivity index (χ3n) is 8.47. The van der Waals surface area contributed by atoms with Crippen LogP contribution in [-0.4, -0.2) is 53.2 Å². The SMILES string of the molecule is CC(=O)C(N=Nc1ccc(Cl)c(C(=O)Nc2cc(Cl)cc(Cl)c2)c1)C(=O)Nc1ccc(NC(=O)C(N=Nc2ccc(Cl)c(C(=O)Nc3cc(Cl)cc(Cl)c3)c2)C(C)=O)c(CCCl)c1. The van der Waals surface area contributed by atoms with Gasteiger partial charge < -0.3 is 21.3 Å². The number of alkyl halides is 1. The van der Waals surface area contributed by atoms with E-state index in [9.17, 15) is 28.8 Å². The molecule has 5 rings (SSSR count). The molecular weight excluding hydrogens is 961 g/mol. The highest BCUT2D eigenvalue weighted by Crippen LogP contribution is 2.29. The summed E-state index contributed by atoms with van der Waals surface area (Å²) in [5.41, 5.74) is 1.81. The lowest BCUT2D eigenvalue weighted by Gasteiger charge is -2.15. The third kappa shape index (κ3) is 13.8. The maximum atomic E-state index is 13.4. The van der Waals surface area contributed by atoms with Gasteiger partial charge in [-0.15, -0.1) is 11.6 Å². The number of nitrogens with one attached hydrogen (secondary N) is 4. The first kappa shape index (κ1) is 48.6. The van der Waals surface area contributed by atoms with E-state index in [1.54, 1.807) is 0 Å². The van der Waals surface area contributed by atoms with Crippen LogP contribution in [0, 0.1) is 0 Å².